The summed E-state index contributed by atoms with van der Waals surface area (Å²) >= 11 is 0. The minimum absolute atomic E-state index is 0.378. The molecule has 0 aliphatic rings. The lowest BCUT2D eigenvalue weighted by atomic mass is 10.1. The quantitative estimate of drug-likeness (QED) is 0.192. The van der Waals surface area contributed by atoms with E-state index in [0.717, 1.165) is 45.1 Å². The first-order chi connectivity index (χ1) is 15.6. The standard InChI is InChI=1S/C24H24N4O4/c25-9-7-15-13-27-21-3-1-17(11-19(15)21)31-23(29)5-6-24(30)32-18-2-4-22-20(12-18)16(8-10-26)14-28-22/h1-6,11-14,27-28H,7-10,25-26H2/b6-5+. The second-order valence-corrected chi connectivity index (χ2v) is 7.30. The molecule has 0 bridgehead atoms. The van der Waals surface area contributed by atoms with Gasteiger partial charge in [0, 0.05) is 46.4 Å². The SMILES string of the molecule is NCCc1c[nH]c2ccc(OC(=O)/C=C/C(=O)Oc3ccc4[nH]cc(CCN)c4c3)cc12. The summed E-state index contributed by atoms with van der Waals surface area (Å²) in [6.07, 6.45) is 7.29. The molecule has 0 aliphatic carbocycles. The molecule has 2 heterocycles. The molecule has 32 heavy (non-hydrogen) atoms. The number of H-pyrrole nitrogens is 2. The van der Waals surface area contributed by atoms with Crippen molar-refractivity contribution in [1.29, 1.82) is 0 Å². The Labute approximate surface area is 184 Å². The highest BCUT2D eigenvalue weighted by Crippen LogP contribution is 2.25. The normalized spacial score (nSPS) is 11.4. The molecular weight excluding hydrogens is 408 g/mol. The lowest BCUT2D eigenvalue weighted by molar-refractivity contribution is -0.131. The summed E-state index contributed by atoms with van der Waals surface area (Å²) in [5.74, 6) is -0.598. The molecule has 164 valence electrons. The van der Waals surface area contributed by atoms with Crippen LogP contribution in [0, 0.1) is 0 Å². The number of rotatable bonds is 8. The number of carbonyl (C=O) groups is 2. The number of aromatic amines is 2. The number of esters is 2. The number of ether oxygens (including phenoxy) is 2. The maximum Gasteiger partial charge on any atom is 0.336 e. The Morgan fingerprint density at radius 2 is 1.19 bits per heavy atom. The molecule has 0 amide bonds. The van der Waals surface area contributed by atoms with Gasteiger partial charge in [0.15, 0.2) is 0 Å². The predicted octanol–water partition coefficient (Wildman–Crippen LogP) is 2.72. The molecule has 0 spiro atoms. The molecule has 4 rings (SSSR count). The van der Waals surface area contributed by atoms with Gasteiger partial charge in [-0.25, -0.2) is 9.59 Å². The van der Waals surface area contributed by atoms with Gasteiger partial charge in [-0.05, 0) is 73.5 Å². The average Bonchev–Trinajstić information content (AvgIpc) is 3.37. The van der Waals surface area contributed by atoms with E-state index < -0.39 is 11.9 Å². The summed E-state index contributed by atoms with van der Waals surface area (Å²) in [6, 6.07) is 10.6. The topological polar surface area (TPSA) is 136 Å². The first-order valence-electron chi connectivity index (χ1n) is 10.3. The minimum atomic E-state index is -0.677. The molecule has 0 saturated heterocycles. The van der Waals surface area contributed by atoms with Crippen molar-refractivity contribution in [3.05, 3.63) is 72.1 Å². The van der Waals surface area contributed by atoms with Crippen LogP contribution in [0.1, 0.15) is 11.1 Å². The van der Waals surface area contributed by atoms with E-state index >= 15 is 0 Å². The highest BCUT2D eigenvalue weighted by molar-refractivity contribution is 5.94. The zero-order chi connectivity index (χ0) is 22.5. The van der Waals surface area contributed by atoms with Crippen LogP contribution >= 0.6 is 0 Å². The zero-order valence-corrected chi connectivity index (χ0v) is 17.4. The average molecular weight is 432 g/mol. The summed E-state index contributed by atoms with van der Waals surface area (Å²) in [5, 5.41) is 1.89. The fourth-order valence-electron chi connectivity index (χ4n) is 3.60. The second-order valence-electron chi connectivity index (χ2n) is 7.30. The van der Waals surface area contributed by atoms with Gasteiger partial charge in [-0.15, -0.1) is 0 Å². The molecule has 2 aromatic heterocycles. The van der Waals surface area contributed by atoms with E-state index in [9.17, 15) is 9.59 Å². The fraction of sp³-hybridized carbons (Fsp3) is 0.167. The Hall–Kier alpha value is -3.88. The number of aromatic nitrogens is 2. The maximum absolute atomic E-state index is 12.2. The minimum Gasteiger partial charge on any atom is -0.423 e. The Morgan fingerprint density at radius 1 is 0.750 bits per heavy atom. The number of hydrogen-bond donors (Lipinski definition) is 4. The van der Waals surface area contributed by atoms with E-state index in [-0.39, 0.29) is 0 Å². The van der Waals surface area contributed by atoms with Crippen LogP contribution in [-0.4, -0.2) is 35.0 Å². The van der Waals surface area contributed by atoms with E-state index in [4.69, 9.17) is 20.9 Å². The van der Waals surface area contributed by atoms with Gasteiger partial charge in [-0.3, -0.25) is 0 Å². The van der Waals surface area contributed by atoms with Crippen molar-refractivity contribution in [2.75, 3.05) is 13.1 Å². The number of fused-ring (bicyclic) bond motifs is 2. The number of benzene rings is 2. The highest BCUT2D eigenvalue weighted by Gasteiger charge is 2.09. The van der Waals surface area contributed by atoms with E-state index in [0.29, 0.717) is 37.4 Å². The van der Waals surface area contributed by atoms with Gasteiger partial charge in [0.25, 0.3) is 0 Å². The largest absolute Gasteiger partial charge is 0.423 e. The molecule has 0 saturated carbocycles. The molecule has 0 aliphatic heterocycles. The summed E-state index contributed by atoms with van der Waals surface area (Å²) in [5.41, 5.74) is 15.2. The van der Waals surface area contributed by atoms with Crippen molar-refractivity contribution in [2.24, 2.45) is 11.5 Å². The predicted molar refractivity (Wildman–Crippen MR) is 123 cm³/mol. The van der Waals surface area contributed by atoms with Crippen LogP contribution in [-0.2, 0) is 22.4 Å². The van der Waals surface area contributed by atoms with Crippen LogP contribution in [0.25, 0.3) is 21.8 Å². The molecular formula is C24H24N4O4. The Balaban J connectivity index is 1.39. The lowest BCUT2D eigenvalue weighted by Crippen LogP contribution is -2.08. The third kappa shape index (κ3) is 4.72. The Bertz CT molecular complexity index is 1200. The number of nitrogens with one attached hydrogen (secondary N) is 2. The summed E-state index contributed by atoms with van der Waals surface area (Å²) in [4.78, 5) is 30.6. The Kier molecular flexibility index (Phi) is 6.34. The van der Waals surface area contributed by atoms with E-state index in [1.807, 2.05) is 24.5 Å². The third-order valence-corrected chi connectivity index (χ3v) is 5.10. The van der Waals surface area contributed by atoms with E-state index in [1.165, 1.54) is 0 Å². The third-order valence-electron chi connectivity index (χ3n) is 5.10. The fourth-order valence-corrected chi connectivity index (χ4v) is 3.60. The maximum atomic E-state index is 12.2. The van der Waals surface area contributed by atoms with Crippen molar-refractivity contribution in [2.45, 2.75) is 12.8 Å². The second kappa shape index (κ2) is 9.51. The van der Waals surface area contributed by atoms with Crippen molar-refractivity contribution in [3.63, 3.8) is 0 Å². The molecule has 6 N–H and O–H groups in total. The zero-order valence-electron chi connectivity index (χ0n) is 17.4. The smallest absolute Gasteiger partial charge is 0.336 e. The monoisotopic (exact) mass is 432 g/mol. The van der Waals surface area contributed by atoms with Crippen molar-refractivity contribution >= 4 is 33.7 Å². The molecule has 0 atom stereocenters. The van der Waals surface area contributed by atoms with Crippen LogP contribution < -0.4 is 20.9 Å². The van der Waals surface area contributed by atoms with Gasteiger partial charge in [-0.1, -0.05) is 0 Å². The van der Waals surface area contributed by atoms with Gasteiger partial charge >= 0.3 is 11.9 Å². The molecule has 8 nitrogen and oxygen atoms in total. The summed E-state index contributed by atoms with van der Waals surface area (Å²) < 4.78 is 10.6. The summed E-state index contributed by atoms with van der Waals surface area (Å²) in [6.45, 7) is 1.04. The van der Waals surface area contributed by atoms with Gasteiger partial charge in [0.2, 0.25) is 0 Å². The number of hydrogen-bond acceptors (Lipinski definition) is 6. The van der Waals surface area contributed by atoms with Crippen LogP contribution in [0.5, 0.6) is 11.5 Å². The van der Waals surface area contributed by atoms with Crippen LogP contribution in [0.2, 0.25) is 0 Å². The summed E-state index contributed by atoms with van der Waals surface area (Å²) in [7, 11) is 0. The Morgan fingerprint density at radius 3 is 1.59 bits per heavy atom. The van der Waals surface area contributed by atoms with Gasteiger partial charge < -0.3 is 30.9 Å². The van der Waals surface area contributed by atoms with Crippen molar-refractivity contribution in [1.82, 2.24) is 9.97 Å². The lowest BCUT2D eigenvalue weighted by Gasteiger charge is -2.04. The van der Waals surface area contributed by atoms with Gasteiger partial charge in [0.05, 0.1) is 0 Å². The molecule has 0 unspecified atom stereocenters. The molecule has 0 fully saturated rings. The van der Waals surface area contributed by atoms with Crippen LogP contribution in [0.15, 0.2) is 60.9 Å². The van der Waals surface area contributed by atoms with Crippen molar-refractivity contribution < 1.29 is 19.1 Å². The first-order valence-corrected chi connectivity index (χ1v) is 10.3. The highest BCUT2D eigenvalue weighted by atomic mass is 16.5. The van der Waals surface area contributed by atoms with Crippen molar-refractivity contribution in [3.8, 4) is 11.5 Å². The van der Waals surface area contributed by atoms with Gasteiger partial charge in [0.1, 0.15) is 11.5 Å². The van der Waals surface area contributed by atoms with Crippen LogP contribution in [0.4, 0.5) is 0 Å². The molecule has 4 aromatic rings. The van der Waals surface area contributed by atoms with E-state index in [1.54, 1.807) is 24.3 Å². The molecule has 0 radical (unpaired) electrons. The number of carbonyl (C=O) groups excluding carboxylic acids is 2. The number of nitrogens with two attached hydrogens (primary N) is 2. The molecule has 8 heteroatoms. The van der Waals surface area contributed by atoms with Crippen LogP contribution in [0.3, 0.4) is 0 Å². The van der Waals surface area contributed by atoms with Gasteiger partial charge in [-0.2, -0.15) is 0 Å². The van der Waals surface area contributed by atoms with E-state index in [2.05, 4.69) is 9.97 Å². The first kappa shape index (κ1) is 21.4. The molecule has 2 aromatic carbocycles.